The number of halogens is 1. The van der Waals surface area contributed by atoms with Gasteiger partial charge in [0, 0.05) is 5.56 Å². The van der Waals surface area contributed by atoms with E-state index in [9.17, 15) is 0 Å². The molecule has 1 rings (SSSR count). The summed E-state index contributed by atoms with van der Waals surface area (Å²) in [5, 5.41) is 3.43. The van der Waals surface area contributed by atoms with E-state index in [0.717, 1.165) is 16.9 Å². The zero-order chi connectivity index (χ0) is 9.68. The van der Waals surface area contributed by atoms with Crippen molar-refractivity contribution in [1.82, 2.24) is 0 Å². The highest BCUT2D eigenvalue weighted by Gasteiger charge is 2.01. The Bertz CT molecular complexity index is 312. The second kappa shape index (κ2) is 4.72. The van der Waals surface area contributed by atoms with Crippen LogP contribution in [0.3, 0.4) is 0 Å². The molecule has 4 heteroatoms. The van der Waals surface area contributed by atoms with Gasteiger partial charge in [0.25, 0.3) is 0 Å². The summed E-state index contributed by atoms with van der Waals surface area (Å²) >= 11 is 5.73. The van der Waals surface area contributed by atoms with Crippen LogP contribution in [-0.2, 0) is 5.88 Å². The Morgan fingerprint density at radius 1 is 1.62 bits per heavy atom. The summed E-state index contributed by atoms with van der Waals surface area (Å²) in [7, 11) is 1.61. The first-order chi connectivity index (χ1) is 6.31. The molecule has 0 radical (unpaired) electrons. The van der Waals surface area contributed by atoms with Gasteiger partial charge in [-0.05, 0) is 23.8 Å². The average molecular weight is 199 g/mol. The van der Waals surface area contributed by atoms with Crippen molar-refractivity contribution >= 4 is 17.8 Å². The SMILES string of the molecule is COc1ccc(C=NN)cc1CCl. The standard InChI is InChI=1S/C9H11ClN2O/c1-13-9-3-2-7(6-12-11)4-8(9)5-10/h2-4,6H,5,11H2,1H3. The normalized spacial score (nSPS) is 10.6. The fraction of sp³-hybridized carbons (Fsp3) is 0.222. The van der Waals surface area contributed by atoms with Crippen molar-refractivity contribution in [3.05, 3.63) is 29.3 Å². The minimum absolute atomic E-state index is 0.412. The molecule has 0 saturated carbocycles. The first kappa shape index (κ1) is 9.86. The Morgan fingerprint density at radius 2 is 2.38 bits per heavy atom. The highest BCUT2D eigenvalue weighted by molar-refractivity contribution is 6.17. The number of benzene rings is 1. The van der Waals surface area contributed by atoms with Crippen molar-refractivity contribution in [3.63, 3.8) is 0 Å². The number of hydrogen-bond acceptors (Lipinski definition) is 3. The molecular weight excluding hydrogens is 188 g/mol. The Balaban J connectivity index is 3.05. The van der Waals surface area contributed by atoms with Gasteiger partial charge in [0.15, 0.2) is 0 Å². The molecule has 1 aromatic rings. The Kier molecular flexibility index (Phi) is 3.58. The summed E-state index contributed by atoms with van der Waals surface area (Å²) in [5.74, 6) is 6.22. The minimum Gasteiger partial charge on any atom is -0.496 e. The van der Waals surface area contributed by atoms with E-state index in [4.69, 9.17) is 22.2 Å². The predicted molar refractivity (Wildman–Crippen MR) is 54.3 cm³/mol. The first-order valence-corrected chi connectivity index (χ1v) is 4.31. The van der Waals surface area contributed by atoms with Crippen LogP contribution in [0.5, 0.6) is 5.75 Å². The van der Waals surface area contributed by atoms with Gasteiger partial charge >= 0.3 is 0 Å². The van der Waals surface area contributed by atoms with Crippen molar-refractivity contribution in [3.8, 4) is 5.75 Å². The van der Waals surface area contributed by atoms with Crippen LogP contribution in [0.15, 0.2) is 23.3 Å². The number of hydrogen-bond donors (Lipinski definition) is 1. The molecule has 0 unspecified atom stereocenters. The summed E-state index contributed by atoms with van der Waals surface area (Å²) in [6.07, 6.45) is 1.56. The lowest BCUT2D eigenvalue weighted by Crippen LogP contribution is -1.92. The highest BCUT2D eigenvalue weighted by atomic mass is 35.5. The monoisotopic (exact) mass is 198 g/mol. The lowest BCUT2D eigenvalue weighted by molar-refractivity contribution is 0.411. The molecule has 0 spiro atoms. The molecule has 0 atom stereocenters. The third-order valence-corrected chi connectivity index (χ3v) is 1.96. The van der Waals surface area contributed by atoms with E-state index in [1.165, 1.54) is 0 Å². The molecule has 0 bridgehead atoms. The second-order valence-electron chi connectivity index (χ2n) is 2.48. The number of hydrazone groups is 1. The summed E-state index contributed by atoms with van der Waals surface area (Å²) in [6, 6.07) is 5.60. The van der Waals surface area contributed by atoms with Crippen molar-refractivity contribution < 1.29 is 4.74 Å². The largest absolute Gasteiger partial charge is 0.496 e. The van der Waals surface area contributed by atoms with Crippen molar-refractivity contribution in [2.24, 2.45) is 10.9 Å². The fourth-order valence-electron chi connectivity index (χ4n) is 1.07. The van der Waals surface area contributed by atoms with Crippen molar-refractivity contribution in [2.45, 2.75) is 5.88 Å². The number of rotatable bonds is 3. The van der Waals surface area contributed by atoms with Crippen LogP contribution in [0.4, 0.5) is 0 Å². The minimum atomic E-state index is 0.412. The van der Waals surface area contributed by atoms with E-state index in [1.807, 2.05) is 18.2 Å². The molecule has 0 heterocycles. The van der Waals surface area contributed by atoms with E-state index in [1.54, 1.807) is 13.3 Å². The first-order valence-electron chi connectivity index (χ1n) is 3.78. The van der Waals surface area contributed by atoms with E-state index in [-0.39, 0.29) is 0 Å². The van der Waals surface area contributed by atoms with Gasteiger partial charge in [0.1, 0.15) is 5.75 Å². The van der Waals surface area contributed by atoms with Gasteiger partial charge in [0.2, 0.25) is 0 Å². The van der Waals surface area contributed by atoms with E-state index < -0.39 is 0 Å². The number of nitrogens with zero attached hydrogens (tertiary/aromatic N) is 1. The summed E-state index contributed by atoms with van der Waals surface area (Å²) in [5.41, 5.74) is 1.85. The van der Waals surface area contributed by atoms with Gasteiger partial charge in [-0.2, -0.15) is 5.10 Å². The van der Waals surface area contributed by atoms with Crippen LogP contribution in [0.25, 0.3) is 0 Å². The molecule has 13 heavy (non-hydrogen) atoms. The zero-order valence-electron chi connectivity index (χ0n) is 7.33. The van der Waals surface area contributed by atoms with Gasteiger partial charge in [-0.1, -0.05) is 0 Å². The van der Waals surface area contributed by atoms with Crippen molar-refractivity contribution in [2.75, 3.05) is 7.11 Å². The van der Waals surface area contributed by atoms with Gasteiger partial charge < -0.3 is 10.6 Å². The Hall–Kier alpha value is -1.22. The summed E-state index contributed by atoms with van der Waals surface area (Å²) in [6.45, 7) is 0. The molecule has 0 aliphatic heterocycles. The smallest absolute Gasteiger partial charge is 0.123 e. The summed E-state index contributed by atoms with van der Waals surface area (Å²) < 4.78 is 5.11. The third-order valence-electron chi connectivity index (χ3n) is 1.67. The highest BCUT2D eigenvalue weighted by Crippen LogP contribution is 2.20. The van der Waals surface area contributed by atoms with E-state index in [0.29, 0.717) is 5.88 Å². The summed E-state index contributed by atoms with van der Waals surface area (Å²) in [4.78, 5) is 0. The lowest BCUT2D eigenvalue weighted by Gasteiger charge is -2.05. The topological polar surface area (TPSA) is 47.6 Å². The van der Waals surface area contributed by atoms with E-state index in [2.05, 4.69) is 5.10 Å². The number of alkyl halides is 1. The molecule has 1 aromatic carbocycles. The molecule has 0 saturated heterocycles. The maximum Gasteiger partial charge on any atom is 0.123 e. The molecule has 0 fully saturated rings. The lowest BCUT2D eigenvalue weighted by atomic mass is 10.1. The quantitative estimate of drug-likeness (QED) is 0.348. The predicted octanol–water partition coefficient (Wildman–Crippen LogP) is 1.73. The van der Waals surface area contributed by atoms with Gasteiger partial charge in [0.05, 0.1) is 19.2 Å². The molecule has 0 amide bonds. The average Bonchev–Trinajstić information content (AvgIpc) is 2.18. The van der Waals surface area contributed by atoms with Crippen LogP contribution in [-0.4, -0.2) is 13.3 Å². The molecule has 0 aromatic heterocycles. The van der Waals surface area contributed by atoms with Crippen LogP contribution in [0.2, 0.25) is 0 Å². The molecule has 2 N–H and O–H groups in total. The zero-order valence-corrected chi connectivity index (χ0v) is 8.08. The van der Waals surface area contributed by atoms with Gasteiger partial charge in [-0.15, -0.1) is 11.6 Å². The molecule has 70 valence electrons. The van der Waals surface area contributed by atoms with Gasteiger partial charge in [-0.3, -0.25) is 0 Å². The Morgan fingerprint density at radius 3 is 2.92 bits per heavy atom. The molecule has 0 aliphatic rings. The van der Waals surface area contributed by atoms with E-state index >= 15 is 0 Å². The third kappa shape index (κ3) is 2.36. The second-order valence-corrected chi connectivity index (χ2v) is 2.75. The number of methoxy groups -OCH3 is 1. The number of nitrogens with two attached hydrogens (primary N) is 1. The molecule has 3 nitrogen and oxygen atoms in total. The molecule has 0 aliphatic carbocycles. The van der Waals surface area contributed by atoms with Crippen LogP contribution >= 0.6 is 11.6 Å². The number of ether oxygens (including phenoxy) is 1. The molecular formula is C9H11ClN2O. The van der Waals surface area contributed by atoms with Crippen LogP contribution < -0.4 is 10.6 Å². The van der Waals surface area contributed by atoms with Crippen molar-refractivity contribution in [1.29, 1.82) is 0 Å². The maximum atomic E-state index is 5.73. The van der Waals surface area contributed by atoms with Crippen LogP contribution in [0, 0.1) is 0 Å². The fourth-order valence-corrected chi connectivity index (χ4v) is 1.28. The van der Waals surface area contributed by atoms with Gasteiger partial charge in [-0.25, -0.2) is 0 Å². The van der Waals surface area contributed by atoms with Crippen LogP contribution in [0.1, 0.15) is 11.1 Å². The maximum absolute atomic E-state index is 5.73. The Labute approximate surface area is 82.1 Å².